The number of hydrogen-bond acceptors (Lipinski definition) is 4. The van der Waals surface area contributed by atoms with Crippen molar-refractivity contribution in [2.75, 3.05) is 12.3 Å². The zero-order chi connectivity index (χ0) is 15.7. The second kappa shape index (κ2) is 5.87. The first-order chi connectivity index (χ1) is 10.4. The number of nitrogens with one attached hydrogen (secondary N) is 1. The van der Waals surface area contributed by atoms with Crippen molar-refractivity contribution in [1.29, 1.82) is 0 Å². The summed E-state index contributed by atoms with van der Waals surface area (Å²) in [5.41, 5.74) is 0.552. The monoisotopic (exact) mass is 323 g/mol. The molecular weight excluding hydrogens is 302 g/mol. The Morgan fingerprint density at radius 2 is 2.09 bits per heavy atom. The van der Waals surface area contributed by atoms with Crippen molar-refractivity contribution in [3.63, 3.8) is 0 Å². The van der Waals surface area contributed by atoms with Crippen LogP contribution in [-0.2, 0) is 14.8 Å². The van der Waals surface area contributed by atoms with E-state index in [4.69, 9.17) is 0 Å². The van der Waals surface area contributed by atoms with Crippen molar-refractivity contribution in [1.82, 2.24) is 10.2 Å². The molecule has 3 aliphatic rings. The van der Waals surface area contributed by atoms with Crippen molar-refractivity contribution in [3.8, 4) is 0 Å². The van der Waals surface area contributed by atoms with E-state index in [2.05, 4.69) is 16.6 Å². The molecule has 0 spiro atoms. The second-order valence-corrected chi connectivity index (χ2v) is 7.94. The third kappa shape index (κ3) is 3.24. The van der Waals surface area contributed by atoms with Gasteiger partial charge in [-0.25, -0.2) is 8.42 Å². The van der Waals surface area contributed by atoms with Gasteiger partial charge in [0.15, 0.2) is 0 Å². The molecule has 3 rings (SSSR count). The predicted octanol–water partition coefficient (Wildman–Crippen LogP) is 1.18. The lowest BCUT2D eigenvalue weighted by molar-refractivity contribution is -0.118. The van der Waals surface area contributed by atoms with Gasteiger partial charge >= 0.3 is 0 Å². The number of fused-ring (bicyclic) bond motifs is 1. The molecule has 0 aromatic rings. The third-order valence-corrected chi connectivity index (χ3v) is 5.68. The summed E-state index contributed by atoms with van der Waals surface area (Å²) in [6.45, 7) is 2.51. The standard InChI is InChI=1S/C15H21N3O3S/c1-11-4-2-3-5-13(11)16-15(19)12-6-7-14-17-22(20,21)9-8-18(14)10-12/h6-7,10-11,13H,2-5,8-9H2,1H3,(H,16,19). The van der Waals surface area contributed by atoms with Gasteiger partial charge in [-0.1, -0.05) is 19.8 Å². The van der Waals surface area contributed by atoms with Crippen LogP contribution in [0.1, 0.15) is 32.6 Å². The normalized spacial score (nSPS) is 30.1. The minimum Gasteiger partial charge on any atom is -0.349 e. The topological polar surface area (TPSA) is 78.8 Å². The van der Waals surface area contributed by atoms with Crippen LogP contribution in [0.2, 0.25) is 0 Å². The first-order valence-electron chi connectivity index (χ1n) is 7.75. The van der Waals surface area contributed by atoms with Gasteiger partial charge in [-0.15, -0.1) is 4.40 Å². The Morgan fingerprint density at radius 1 is 1.32 bits per heavy atom. The fraction of sp³-hybridized carbons (Fsp3) is 0.600. The molecule has 120 valence electrons. The second-order valence-electron chi connectivity index (χ2n) is 6.19. The summed E-state index contributed by atoms with van der Waals surface area (Å²) in [5.74, 6) is 0.773. The Balaban J connectivity index is 1.70. The molecule has 2 aliphatic heterocycles. The number of carbonyl (C=O) groups is 1. The fourth-order valence-corrected chi connectivity index (χ4v) is 4.09. The Bertz CT molecular complexity index is 664. The van der Waals surface area contributed by atoms with E-state index in [1.54, 1.807) is 23.3 Å². The highest BCUT2D eigenvalue weighted by molar-refractivity contribution is 7.90. The van der Waals surface area contributed by atoms with E-state index >= 15 is 0 Å². The van der Waals surface area contributed by atoms with E-state index in [1.165, 1.54) is 6.42 Å². The zero-order valence-electron chi connectivity index (χ0n) is 12.7. The molecule has 2 atom stereocenters. The highest BCUT2D eigenvalue weighted by Crippen LogP contribution is 2.24. The minimum atomic E-state index is -3.36. The molecule has 0 bridgehead atoms. The van der Waals surface area contributed by atoms with Gasteiger partial charge in [-0.2, -0.15) is 0 Å². The Morgan fingerprint density at radius 3 is 2.86 bits per heavy atom. The van der Waals surface area contributed by atoms with Crippen LogP contribution in [-0.4, -0.2) is 43.4 Å². The van der Waals surface area contributed by atoms with Crippen LogP contribution < -0.4 is 5.32 Å². The molecule has 0 radical (unpaired) electrons. The maximum atomic E-state index is 12.4. The lowest BCUT2D eigenvalue weighted by atomic mass is 9.86. The number of carbonyl (C=O) groups excluding carboxylic acids is 1. The number of rotatable bonds is 2. The molecule has 22 heavy (non-hydrogen) atoms. The molecular formula is C15H21N3O3S. The van der Waals surface area contributed by atoms with Crippen LogP contribution in [0.5, 0.6) is 0 Å². The number of hydrogen-bond donors (Lipinski definition) is 1. The minimum absolute atomic E-state index is 0.0185. The SMILES string of the molecule is CC1CCCCC1NC(=O)C1=CN2CCS(=O)(=O)N=C2C=C1. The van der Waals surface area contributed by atoms with Gasteiger partial charge in [0.1, 0.15) is 5.84 Å². The van der Waals surface area contributed by atoms with E-state index in [-0.39, 0.29) is 17.7 Å². The van der Waals surface area contributed by atoms with Crippen LogP contribution in [0, 0.1) is 5.92 Å². The molecule has 1 amide bonds. The smallest absolute Gasteiger partial charge is 0.256 e. The van der Waals surface area contributed by atoms with Crippen molar-refractivity contribution in [2.45, 2.75) is 38.6 Å². The van der Waals surface area contributed by atoms with E-state index < -0.39 is 10.0 Å². The molecule has 1 aliphatic carbocycles. The first-order valence-corrected chi connectivity index (χ1v) is 9.35. The number of amides is 1. The predicted molar refractivity (Wildman–Crippen MR) is 84.7 cm³/mol. The van der Waals surface area contributed by atoms with Crippen LogP contribution in [0.3, 0.4) is 0 Å². The van der Waals surface area contributed by atoms with E-state index in [9.17, 15) is 13.2 Å². The highest BCUT2D eigenvalue weighted by Gasteiger charge is 2.27. The summed E-state index contributed by atoms with van der Waals surface area (Å²) in [5, 5.41) is 3.11. The molecule has 1 fully saturated rings. The fourth-order valence-electron chi connectivity index (χ4n) is 3.12. The summed E-state index contributed by atoms with van der Waals surface area (Å²) in [6, 6.07) is 0.229. The Hall–Kier alpha value is -1.63. The summed E-state index contributed by atoms with van der Waals surface area (Å²) in [7, 11) is -3.36. The summed E-state index contributed by atoms with van der Waals surface area (Å²) < 4.78 is 26.7. The van der Waals surface area contributed by atoms with Gasteiger partial charge in [-0.3, -0.25) is 4.79 Å². The molecule has 6 nitrogen and oxygen atoms in total. The number of amidine groups is 1. The van der Waals surface area contributed by atoms with Crippen LogP contribution in [0.25, 0.3) is 0 Å². The maximum absolute atomic E-state index is 12.4. The van der Waals surface area contributed by atoms with Gasteiger partial charge < -0.3 is 10.2 Å². The molecule has 7 heteroatoms. The number of sulfonamides is 1. The highest BCUT2D eigenvalue weighted by atomic mass is 32.2. The summed E-state index contributed by atoms with van der Waals surface area (Å²) >= 11 is 0. The quantitative estimate of drug-likeness (QED) is 0.827. The van der Waals surface area contributed by atoms with Gasteiger partial charge in [0, 0.05) is 18.8 Å². The van der Waals surface area contributed by atoms with Gasteiger partial charge in [0.25, 0.3) is 15.9 Å². The number of nitrogens with zero attached hydrogens (tertiary/aromatic N) is 2. The molecule has 2 unspecified atom stereocenters. The van der Waals surface area contributed by atoms with Crippen molar-refractivity contribution < 1.29 is 13.2 Å². The molecule has 1 N–H and O–H groups in total. The lowest BCUT2D eigenvalue weighted by Crippen LogP contribution is -2.43. The average molecular weight is 323 g/mol. The van der Waals surface area contributed by atoms with E-state index in [1.807, 2.05) is 0 Å². The molecule has 0 aromatic carbocycles. The average Bonchev–Trinajstić information content (AvgIpc) is 2.48. The first kappa shape index (κ1) is 15.3. The third-order valence-electron chi connectivity index (χ3n) is 4.51. The largest absolute Gasteiger partial charge is 0.349 e. The Kier molecular flexibility index (Phi) is 4.08. The lowest BCUT2D eigenvalue weighted by Gasteiger charge is -2.31. The van der Waals surface area contributed by atoms with Crippen molar-refractivity contribution >= 4 is 21.8 Å². The molecule has 0 saturated heterocycles. The van der Waals surface area contributed by atoms with Crippen LogP contribution in [0.15, 0.2) is 28.3 Å². The van der Waals surface area contributed by atoms with Gasteiger partial charge in [0.05, 0.1) is 11.3 Å². The molecule has 2 heterocycles. The van der Waals surface area contributed by atoms with Gasteiger partial charge in [0.2, 0.25) is 0 Å². The maximum Gasteiger partial charge on any atom is 0.256 e. The van der Waals surface area contributed by atoms with Crippen molar-refractivity contribution in [2.24, 2.45) is 10.3 Å². The van der Waals surface area contributed by atoms with E-state index in [0.717, 1.165) is 19.3 Å². The van der Waals surface area contributed by atoms with E-state index in [0.29, 0.717) is 23.9 Å². The van der Waals surface area contributed by atoms with Crippen LogP contribution >= 0.6 is 0 Å². The summed E-state index contributed by atoms with van der Waals surface area (Å²) in [6.07, 6.45) is 9.49. The zero-order valence-corrected chi connectivity index (χ0v) is 13.5. The molecule has 1 saturated carbocycles. The molecule has 0 aromatic heterocycles. The van der Waals surface area contributed by atoms with Gasteiger partial charge in [-0.05, 0) is 30.9 Å². The summed E-state index contributed by atoms with van der Waals surface area (Å²) in [4.78, 5) is 14.1. The van der Waals surface area contributed by atoms with Crippen molar-refractivity contribution in [3.05, 3.63) is 23.9 Å². The Labute approximate surface area is 131 Å². The van der Waals surface area contributed by atoms with Crippen LogP contribution in [0.4, 0.5) is 0 Å².